The number of carbonyl (C=O) groups is 1. The standard InChI is InChI=1S/C22H27N3O2S/c1-5-27-12-11-24-21(26)20(14-18-13-17(4)25(15-18)16(2)3)28-22(24)23-19-9-7-6-8-10-19/h6-10,13-16H,5,11-12H2,1-4H3/b20-14+,23-22?. The van der Waals surface area contributed by atoms with Crippen LogP contribution < -0.4 is 0 Å². The number of benzene rings is 1. The summed E-state index contributed by atoms with van der Waals surface area (Å²) in [7, 11) is 0. The van der Waals surface area contributed by atoms with Gasteiger partial charge in [-0.25, -0.2) is 4.99 Å². The molecule has 5 nitrogen and oxygen atoms in total. The maximum Gasteiger partial charge on any atom is 0.266 e. The lowest BCUT2D eigenvalue weighted by Crippen LogP contribution is -2.32. The number of nitrogens with zero attached hydrogens (tertiary/aromatic N) is 3. The fourth-order valence-corrected chi connectivity index (χ4v) is 4.13. The normalized spacial score (nSPS) is 17.5. The number of aryl methyl sites for hydroxylation is 1. The lowest BCUT2D eigenvalue weighted by atomic mass is 10.3. The summed E-state index contributed by atoms with van der Waals surface area (Å²) < 4.78 is 7.67. The van der Waals surface area contributed by atoms with Gasteiger partial charge in [0.05, 0.1) is 23.7 Å². The van der Waals surface area contributed by atoms with Crippen LogP contribution in [0.2, 0.25) is 0 Å². The van der Waals surface area contributed by atoms with Gasteiger partial charge in [-0.15, -0.1) is 0 Å². The molecule has 0 aliphatic carbocycles. The second-order valence-corrected chi connectivity index (χ2v) is 7.92. The first-order valence-corrected chi connectivity index (χ1v) is 10.4. The van der Waals surface area contributed by atoms with Crippen molar-refractivity contribution in [3.63, 3.8) is 0 Å². The van der Waals surface area contributed by atoms with Gasteiger partial charge in [0, 0.05) is 24.5 Å². The van der Waals surface area contributed by atoms with Crippen LogP contribution in [-0.2, 0) is 9.53 Å². The van der Waals surface area contributed by atoms with Crippen LogP contribution in [0.3, 0.4) is 0 Å². The van der Waals surface area contributed by atoms with E-state index in [4.69, 9.17) is 9.73 Å². The van der Waals surface area contributed by atoms with E-state index in [0.29, 0.717) is 35.9 Å². The van der Waals surface area contributed by atoms with E-state index in [1.807, 2.05) is 43.3 Å². The van der Waals surface area contributed by atoms with Crippen molar-refractivity contribution in [2.45, 2.75) is 33.7 Å². The Morgan fingerprint density at radius 3 is 2.64 bits per heavy atom. The zero-order valence-corrected chi connectivity index (χ0v) is 17.7. The summed E-state index contributed by atoms with van der Waals surface area (Å²) in [6.07, 6.45) is 4.05. The third kappa shape index (κ3) is 4.75. The molecule has 1 aromatic heterocycles. The van der Waals surface area contributed by atoms with Crippen molar-refractivity contribution in [1.29, 1.82) is 0 Å². The molecule has 0 radical (unpaired) electrons. The third-order valence-corrected chi connectivity index (χ3v) is 5.46. The van der Waals surface area contributed by atoms with Gasteiger partial charge in [0.1, 0.15) is 0 Å². The zero-order valence-electron chi connectivity index (χ0n) is 16.9. The smallest absolute Gasteiger partial charge is 0.266 e. The number of amidine groups is 1. The first-order valence-electron chi connectivity index (χ1n) is 9.61. The van der Waals surface area contributed by atoms with Crippen molar-refractivity contribution in [2.24, 2.45) is 4.99 Å². The number of hydrogen-bond donors (Lipinski definition) is 0. The number of para-hydroxylation sites is 1. The minimum Gasteiger partial charge on any atom is -0.380 e. The van der Waals surface area contributed by atoms with Gasteiger partial charge in [-0.05, 0) is 69.3 Å². The second kappa shape index (κ2) is 9.26. The number of hydrogen-bond acceptors (Lipinski definition) is 4. The van der Waals surface area contributed by atoms with E-state index >= 15 is 0 Å². The van der Waals surface area contributed by atoms with Crippen LogP contribution >= 0.6 is 11.8 Å². The number of amides is 1. The molecular formula is C22H27N3O2S. The van der Waals surface area contributed by atoms with Gasteiger partial charge in [-0.3, -0.25) is 9.69 Å². The summed E-state index contributed by atoms with van der Waals surface area (Å²) >= 11 is 1.42. The molecule has 148 valence electrons. The third-order valence-electron chi connectivity index (χ3n) is 4.46. The Kier molecular flexibility index (Phi) is 6.75. The van der Waals surface area contributed by atoms with E-state index in [9.17, 15) is 4.79 Å². The Hall–Kier alpha value is -2.31. The van der Waals surface area contributed by atoms with Crippen LogP contribution in [0.15, 0.2) is 52.5 Å². The highest BCUT2D eigenvalue weighted by Crippen LogP contribution is 2.34. The van der Waals surface area contributed by atoms with E-state index in [2.05, 4.69) is 37.6 Å². The molecule has 0 spiro atoms. The molecule has 0 bridgehead atoms. The van der Waals surface area contributed by atoms with Gasteiger partial charge < -0.3 is 9.30 Å². The highest BCUT2D eigenvalue weighted by atomic mass is 32.2. The van der Waals surface area contributed by atoms with Crippen LogP contribution in [0.5, 0.6) is 0 Å². The molecule has 3 rings (SSSR count). The molecular weight excluding hydrogens is 370 g/mol. The number of rotatable bonds is 7. The molecule has 6 heteroatoms. The maximum absolute atomic E-state index is 13.0. The summed E-state index contributed by atoms with van der Waals surface area (Å²) in [5, 5.41) is 0.696. The van der Waals surface area contributed by atoms with Crippen molar-refractivity contribution < 1.29 is 9.53 Å². The van der Waals surface area contributed by atoms with Crippen molar-refractivity contribution in [2.75, 3.05) is 19.8 Å². The van der Waals surface area contributed by atoms with Gasteiger partial charge in [0.25, 0.3) is 5.91 Å². The van der Waals surface area contributed by atoms with Crippen LogP contribution in [0.4, 0.5) is 5.69 Å². The van der Waals surface area contributed by atoms with E-state index < -0.39 is 0 Å². The van der Waals surface area contributed by atoms with E-state index in [1.54, 1.807) is 4.90 Å². The SMILES string of the molecule is CCOCCN1C(=O)/C(=C\c2cc(C)n(C(C)C)c2)SC1=Nc1ccccc1. The van der Waals surface area contributed by atoms with Crippen molar-refractivity contribution in [3.8, 4) is 0 Å². The van der Waals surface area contributed by atoms with Crippen LogP contribution in [0.25, 0.3) is 6.08 Å². The minimum atomic E-state index is -0.0191. The largest absolute Gasteiger partial charge is 0.380 e. The number of carbonyl (C=O) groups excluding carboxylic acids is 1. The zero-order chi connectivity index (χ0) is 20.1. The second-order valence-electron chi connectivity index (χ2n) is 6.91. The predicted octanol–water partition coefficient (Wildman–Crippen LogP) is 5.02. The molecule has 1 aliphatic rings. The van der Waals surface area contributed by atoms with Crippen molar-refractivity contribution >= 4 is 34.6 Å². The summed E-state index contributed by atoms with van der Waals surface area (Å²) in [5.41, 5.74) is 3.05. The molecule has 0 saturated carbocycles. The molecule has 2 aromatic rings. The molecule has 1 amide bonds. The van der Waals surface area contributed by atoms with Crippen LogP contribution in [0.1, 0.15) is 38.1 Å². The van der Waals surface area contributed by atoms with E-state index in [1.165, 1.54) is 17.5 Å². The monoisotopic (exact) mass is 397 g/mol. The first-order chi connectivity index (χ1) is 13.5. The molecule has 1 aromatic carbocycles. The Morgan fingerprint density at radius 1 is 1.25 bits per heavy atom. The topological polar surface area (TPSA) is 46.8 Å². The summed E-state index contributed by atoms with van der Waals surface area (Å²) in [4.78, 5) is 20.1. The van der Waals surface area contributed by atoms with Gasteiger partial charge in [-0.2, -0.15) is 0 Å². The molecule has 0 atom stereocenters. The summed E-state index contributed by atoms with van der Waals surface area (Å²) in [6, 6.07) is 12.2. The van der Waals surface area contributed by atoms with Crippen LogP contribution in [-0.4, -0.2) is 40.3 Å². The van der Waals surface area contributed by atoms with Crippen molar-refractivity contribution in [1.82, 2.24) is 9.47 Å². The fourth-order valence-electron chi connectivity index (χ4n) is 3.10. The highest BCUT2D eigenvalue weighted by molar-refractivity contribution is 8.18. The number of aromatic nitrogens is 1. The molecule has 0 N–H and O–H groups in total. The van der Waals surface area contributed by atoms with Gasteiger partial charge in [0.2, 0.25) is 0 Å². The van der Waals surface area contributed by atoms with Gasteiger partial charge >= 0.3 is 0 Å². The number of aliphatic imine (C=N–C) groups is 1. The Balaban J connectivity index is 1.89. The van der Waals surface area contributed by atoms with Crippen LogP contribution in [0, 0.1) is 6.92 Å². The lowest BCUT2D eigenvalue weighted by Gasteiger charge is -2.15. The quantitative estimate of drug-likeness (QED) is 0.487. The summed E-state index contributed by atoms with van der Waals surface area (Å²) in [6.45, 7) is 9.96. The highest BCUT2D eigenvalue weighted by Gasteiger charge is 2.33. The molecule has 1 fully saturated rings. The Morgan fingerprint density at radius 2 is 2.00 bits per heavy atom. The average Bonchev–Trinajstić information content (AvgIpc) is 3.17. The molecule has 1 saturated heterocycles. The predicted molar refractivity (Wildman–Crippen MR) is 117 cm³/mol. The molecule has 28 heavy (non-hydrogen) atoms. The van der Waals surface area contributed by atoms with Gasteiger partial charge in [0.15, 0.2) is 5.17 Å². The minimum absolute atomic E-state index is 0.0191. The molecule has 2 heterocycles. The van der Waals surface area contributed by atoms with E-state index in [-0.39, 0.29) is 5.91 Å². The first kappa shape index (κ1) is 20.4. The lowest BCUT2D eigenvalue weighted by molar-refractivity contribution is -0.122. The number of thioether (sulfide) groups is 1. The maximum atomic E-state index is 13.0. The van der Waals surface area contributed by atoms with E-state index in [0.717, 1.165) is 11.3 Å². The van der Waals surface area contributed by atoms with Gasteiger partial charge in [-0.1, -0.05) is 18.2 Å². The fraction of sp³-hybridized carbons (Fsp3) is 0.364. The Labute approximate surface area is 171 Å². The summed E-state index contributed by atoms with van der Waals surface area (Å²) in [5.74, 6) is -0.0191. The molecule has 0 unspecified atom stereocenters. The Bertz CT molecular complexity index is 884. The number of ether oxygens (including phenoxy) is 1. The van der Waals surface area contributed by atoms with Crippen molar-refractivity contribution in [3.05, 3.63) is 58.8 Å². The average molecular weight is 398 g/mol. The molecule has 1 aliphatic heterocycles.